The van der Waals surface area contributed by atoms with Crippen molar-refractivity contribution in [1.29, 1.82) is 0 Å². The van der Waals surface area contributed by atoms with Crippen LogP contribution in [0.2, 0.25) is 0 Å². The van der Waals surface area contributed by atoms with E-state index in [9.17, 15) is 9.90 Å². The van der Waals surface area contributed by atoms with E-state index in [0.29, 0.717) is 17.3 Å². The van der Waals surface area contributed by atoms with Gasteiger partial charge in [0.2, 0.25) is 0 Å². The highest BCUT2D eigenvalue weighted by molar-refractivity contribution is 7.80. The first kappa shape index (κ1) is 12.3. The molecule has 1 rings (SSSR count). The van der Waals surface area contributed by atoms with Crippen LogP contribution in [0.5, 0.6) is 5.75 Å². The lowest BCUT2D eigenvalue weighted by Gasteiger charge is -2.13. The Balaban J connectivity index is 2.87. The summed E-state index contributed by atoms with van der Waals surface area (Å²) in [6.45, 7) is 2.55. The van der Waals surface area contributed by atoms with Crippen molar-refractivity contribution in [3.8, 4) is 5.75 Å². The van der Waals surface area contributed by atoms with Crippen molar-refractivity contribution in [2.24, 2.45) is 0 Å². The monoisotopic (exact) mass is 239 g/mol. The van der Waals surface area contributed by atoms with Crippen LogP contribution >= 0.6 is 12.2 Å². The minimum atomic E-state index is -1.25. The molecule has 0 aliphatic rings. The van der Waals surface area contributed by atoms with Crippen LogP contribution in [0.1, 0.15) is 17.3 Å². The third kappa shape index (κ3) is 3.09. The fourth-order valence-electron chi connectivity index (χ4n) is 1.11. The molecule has 0 saturated carbocycles. The number of nitrogens with one attached hydrogen (secondary N) is 2. The van der Waals surface area contributed by atoms with E-state index in [2.05, 4.69) is 10.6 Å². The summed E-state index contributed by atoms with van der Waals surface area (Å²) < 4.78 is 0. The number of carboxylic acids is 1. The number of thiocarbonyl (C=S) groups is 1. The SMILES string of the molecule is CCNC(=S)Nc1ccc([O-])c(C(=O)O)c1. The minimum Gasteiger partial charge on any atom is -0.872 e. The van der Waals surface area contributed by atoms with E-state index in [0.717, 1.165) is 0 Å². The molecule has 0 fully saturated rings. The smallest absolute Gasteiger partial charge is 0.335 e. The van der Waals surface area contributed by atoms with Crippen LogP contribution in [0.3, 0.4) is 0 Å². The van der Waals surface area contributed by atoms with Crippen LogP contribution in [0.4, 0.5) is 5.69 Å². The van der Waals surface area contributed by atoms with Gasteiger partial charge in [0.05, 0.1) is 5.56 Å². The first-order chi connectivity index (χ1) is 7.54. The zero-order valence-corrected chi connectivity index (χ0v) is 9.43. The van der Waals surface area contributed by atoms with Gasteiger partial charge in [0, 0.05) is 12.2 Å². The van der Waals surface area contributed by atoms with Gasteiger partial charge in [-0.05, 0) is 31.3 Å². The Morgan fingerprint density at radius 1 is 1.56 bits per heavy atom. The second-order valence-electron chi connectivity index (χ2n) is 3.00. The average molecular weight is 239 g/mol. The number of anilines is 1. The highest BCUT2D eigenvalue weighted by atomic mass is 32.1. The molecule has 0 unspecified atom stereocenters. The van der Waals surface area contributed by atoms with E-state index < -0.39 is 11.7 Å². The lowest BCUT2D eigenvalue weighted by Crippen LogP contribution is -2.28. The zero-order chi connectivity index (χ0) is 12.1. The van der Waals surface area contributed by atoms with Gasteiger partial charge in [0.25, 0.3) is 0 Å². The predicted octanol–water partition coefficient (Wildman–Crippen LogP) is 0.765. The summed E-state index contributed by atoms with van der Waals surface area (Å²) in [7, 11) is 0. The molecule has 0 radical (unpaired) electrons. The molecular formula is C10H11N2O3S-. The lowest BCUT2D eigenvalue weighted by atomic mass is 10.2. The minimum absolute atomic E-state index is 0.274. The first-order valence-corrected chi connectivity index (χ1v) is 5.04. The van der Waals surface area contributed by atoms with Gasteiger partial charge in [-0.15, -0.1) is 0 Å². The summed E-state index contributed by atoms with van der Waals surface area (Å²) in [5.41, 5.74) is 0.201. The number of hydrogen-bond acceptors (Lipinski definition) is 3. The van der Waals surface area contributed by atoms with Gasteiger partial charge in [0.1, 0.15) is 0 Å². The van der Waals surface area contributed by atoms with Gasteiger partial charge < -0.3 is 20.8 Å². The Labute approximate surface area is 98.1 Å². The third-order valence-corrected chi connectivity index (χ3v) is 2.05. The van der Waals surface area contributed by atoms with Crippen LogP contribution < -0.4 is 15.7 Å². The molecule has 0 bridgehead atoms. The van der Waals surface area contributed by atoms with E-state index in [4.69, 9.17) is 17.3 Å². The van der Waals surface area contributed by atoms with Gasteiger partial charge in [-0.2, -0.15) is 0 Å². The number of carboxylic acid groups (broad SMARTS) is 1. The Morgan fingerprint density at radius 2 is 2.25 bits per heavy atom. The molecule has 0 atom stereocenters. The number of aromatic carboxylic acids is 1. The van der Waals surface area contributed by atoms with Gasteiger partial charge in [-0.25, -0.2) is 4.79 Å². The van der Waals surface area contributed by atoms with Gasteiger partial charge in [-0.3, -0.25) is 0 Å². The quantitative estimate of drug-likeness (QED) is 0.675. The molecular weight excluding hydrogens is 228 g/mol. The summed E-state index contributed by atoms with van der Waals surface area (Å²) in [6, 6.07) is 3.94. The molecule has 86 valence electrons. The Hall–Kier alpha value is -1.82. The predicted molar refractivity (Wildman–Crippen MR) is 62.7 cm³/mol. The maximum absolute atomic E-state index is 11.2. The molecule has 6 heteroatoms. The van der Waals surface area contributed by atoms with Crippen molar-refractivity contribution in [2.75, 3.05) is 11.9 Å². The highest BCUT2D eigenvalue weighted by Crippen LogP contribution is 2.18. The highest BCUT2D eigenvalue weighted by Gasteiger charge is 2.05. The second kappa shape index (κ2) is 5.32. The maximum atomic E-state index is 11.2. The van der Waals surface area contributed by atoms with Crippen LogP contribution in [-0.4, -0.2) is 22.7 Å². The molecule has 0 aliphatic carbocycles. The van der Waals surface area contributed by atoms with Crippen LogP contribution in [0.25, 0.3) is 0 Å². The molecule has 0 aromatic heterocycles. The maximum Gasteiger partial charge on any atom is 0.335 e. The summed E-state index contributed by atoms with van der Waals surface area (Å²) in [5.74, 6) is -1.77. The molecule has 1 aromatic rings. The molecule has 0 amide bonds. The Kier molecular flexibility index (Phi) is 4.07. The molecule has 0 spiro atoms. The standard InChI is InChI=1S/C10H12N2O3S/c1-2-11-10(16)12-6-3-4-8(13)7(5-6)9(14)15/h3-5,13H,2H2,1H3,(H,14,15)(H2,11,12,16)/p-1. The number of hydrogen-bond donors (Lipinski definition) is 3. The van der Waals surface area contributed by atoms with E-state index in [-0.39, 0.29) is 5.56 Å². The summed E-state index contributed by atoms with van der Waals surface area (Å²) in [4.78, 5) is 10.7. The molecule has 0 heterocycles. The number of carbonyl (C=O) groups is 1. The Bertz CT molecular complexity index is 421. The fourth-order valence-corrected chi connectivity index (χ4v) is 1.37. The largest absolute Gasteiger partial charge is 0.872 e. The molecule has 0 aliphatic heterocycles. The average Bonchev–Trinajstić information content (AvgIpc) is 2.21. The van der Waals surface area contributed by atoms with Crippen molar-refractivity contribution in [3.63, 3.8) is 0 Å². The van der Waals surface area contributed by atoms with Crippen molar-refractivity contribution in [3.05, 3.63) is 23.8 Å². The third-order valence-electron chi connectivity index (χ3n) is 1.81. The molecule has 5 nitrogen and oxygen atoms in total. The number of rotatable bonds is 3. The molecule has 0 saturated heterocycles. The Morgan fingerprint density at radius 3 is 2.81 bits per heavy atom. The molecule has 16 heavy (non-hydrogen) atoms. The van der Waals surface area contributed by atoms with E-state index >= 15 is 0 Å². The topological polar surface area (TPSA) is 84.4 Å². The van der Waals surface area contributed by atoms with Crippen LogP contribution in [0.15, 0.2) is 18.2 Å². The van der Waals surface area contributed by atoms with Gasteiger partial charge >= 0.3 is 5.97 Å². The first-order valence-electron chi connectivity index (χ1n) is 4.63. The molecule has 3 N–H and O–H groups in total. The molecule has 1 aromatic carbocycles. The van der Waals surface area contributed by atoms with Crippen LogP contribution in [0, 0.1) is 0 Å². The van der Waals surface area contributed by atoms with Crippen LogP contribution in [-0.2, 0) is 0 Å². The van der Waals surface area contributed by atoms with Crippen molar-refractivity contribution in [1.82, 2.24) is 5.32 Å². The van der Waals surface area contributed by atoms with Gasteiger partial charge in [-0.1, -0.05) is 11.8 Å². The second-order valence-corrected chi connectivity index (χ2v) is 3.41. The number of benzene rings is 1. The zero-order valence-electron chi connectivity index (χ0n) is 8.61. The normalized spacial score (nSPS) is 9.56. The van der Waals surface area contributed by atoms with Crippen molar-refractivity contribution < 1.29 is 15.0 Å². The van der Waals surface area contributed by atoms with Crippen molar-refractivity contribution >= 4 is 29.0 Å². The van der Waals surface area contributed by atoms with E-state index in [1.54, 1.807) is 0 Å². The van der Waals surface area contributed by atoms with Crippen molar-refractivity contribution in [2.45, 2.75) is 6.92 Å². The summed E-state index contributed by atoms with van der Waals surface area (Å²) in [5, 5.41) is 25.9. The fraction of sp³-hybridized carbons (Fsp3) is 0.200. The summed E-state index contributed by atoms with van der Waals surface area (Å²) >= 11 is 4.93. The van der Waals surface area contributed by atoms with E-state index in [1.165, 1.54) is 18.2 Å². The summed E-state index contributed by atoms with van der Waals surface area (Å²) in [6.07, 6.45) is 0. The lowest BCUT2D eigenvalue weighted by molar-refractivity contribution is -0.268. The van der Waals surface area contributed by atoms with Gasteiger partial charge in [0.15, 0.2) is 5.11 Å². The van der Waals surface area contributed by atoms with E-state index in [1.807, 2.05) is 6.92 Å².